The highest BCUT2D eigenvalue weighted by Gasteiger charge is 2.35. The predicted molar refractivity (Wildman–Crippen MR) is 77.7 cm³/mol. The first-order valence-electron chi connectivity index (χ1n) is 6.48. The summed E-state index contributed by atoms with van der Waals surface area (Å²) in [5.74, 6) is 0. The van der Waals surface area contributed by atoms with E-state index in [9.17, 15) is 0 Å². The van der Waals surface area contributed by atoms with E-state index < -0.39 is 0 Å². The molecule has 1 unspecified atom stereocenters. The van der Waals surface area contributed by atoms with Crippen LogP contribution in [0.2, 0.25) is 0 Å². The Morgan fingerprint density at radius 1 is 1.50 bits per heavy atom. The van der Waals surface area contributed by atoms with Crippen molar-refractivity contribution in [2.24, 2.45) is 0 Å². The zero-order valence-corrected chi connectivity index (χ0v) is 11.9. The van der Waals surface area contributed by atoms with Gasteiger partial charge >= 0.3 is 0 Å². The van der Waals surface area contributed by atoms with Gasteiger partial charge in [0.05, 0.1) is 11.6 Å². The topological polar surface area (TPSA) is 35.8 Å². The molecule has 1 aliphatic rings. The summed E-state index contributed by atoms with van der Waals surface area (Å²) in [6.45, 7) is 3.23. The van der Waals surface area contributed by atoms with Gasteiger partial charge < -0.3 is 5.32 Å². The lowest BCUT2D eigenvalue weighted by atomic mass is 9.84. The largest absolute Gasteiger partial charge is 0.309 e. The van der Waals surface area contributed by atoms with Crippen LogP contribution < -0.4 is 5.32 Å². The van der Waals surface area contributed by atoms with Crippen molar-refractivity contribution in [2.45, 2.75) is 37.0 Å². The zero-order valence-electron chi connectivity index (χ0n) is 11.1. The molecule has 1 fully saturated rings. The Morgan fingerprint density at radius 3 is 2.83 bits per heavy atom. The van der Waals surface area contributed by atoms with Crippen molar-refractivity contribution in [3.8, 4) is 6.07 Å². The van der Waals surface area contributed by atoms with Crippen LogP contribution in [0.25, 0.3) is 0 Å². The van der Waals surface area contributed by atoms with Gasteiger partial charge in [-0.1, -0.05) is 18.6 Å². The van der Waals surface area contributed by atoms with Crippen molar-refractivity contribution >= 4 is 11.8 Å². The summed E-state index contributed by atoms with van der Waals surface area (Å²) in [4.78, 5) is 0. The fourth-order valence-corrected chi connectivity index (χ4v) is 3.28. The van der Waals surface area contributed by atoms with Crippen LogP contribution in [0.15, 0.2) is 24.3 Å². The predicted octanol–water partition coefficient (Wildman–Crippen LogP) is 3.49. The molecule has 1 saturated carbocycles. The van der Waals surface area contributed by atoms with Crippen molar-refractivity contribution in [1.29, 1.82) is 5.26 Å². The summed E-state index contributed by atoms with van der Waals surface area (Å²) in [6, 6.07) is 10.4. The molecule has 2 nitrogen and oxygen atoms in total. The number of nitrogens with one attached hydrogen (secondary N) is 1. The van der Waals surface area contributed by atoms with E-state index in [1.807, 2.05) is 30.0 Å². The second-order valence-electron chi connectivity index (χ2n) is 5.08. The quantitative estimate of drug-likeness (QED) is 0.880. The number of hydrogen-bond donors (Lipinski definition) is 1. The molecular weight excluding hydrogens is 240 g/mol. The first kappa shape index (κ1) is 13.5. The summed E-state index contributed by atoms with van der Waals surface area (Å²) in [7, 11) is 0. The molecule has 0 amide bonds. The Hall–Kier alpha value is -0.980. The van der Waals surface area contributed by atoms with Crippen LogP contribution in [0.5, 0.6) is 0 Å². The highest BCUT2D eigenvalue weighted by Crippen LogP contribution is 2.42. The Morgan fingerprint density at radius 2 is 2.28 bits per heavy atom. The summed E-state index contributed by atoms with van der Waals surface area (Å²) >= 11 is 1.99. The third-order valence-corrected chi connectivity index (χ3v) is 5.36. The minimum atomic E-state index is 0.308. The van der Waals surface area contributed by atoms with E-state index in [1.54, 1.807) is 0 Å². The SMILES string of the molecule is CSC1(CNC(C)c2cccc(C#N)c2)CCC1. The van der Waals surface area contributed by atoms with Gasteiger partial charge in [-0.15, -0.1) is 0 Å². The second-order valence-corrected chi connectivity index (χ2v) is 6.35. The van der Waals surface area contributed by atoms with Crippen LogP contribution in [0.4, 0.5) is 0 Å². The van der Waals surface area contributed by atoms with Crippen LogP contribution in [0, 0.1) is 11.3 Å². The third-order valence-electron chi connectivity index (χ3n) is 3.94. The lowest BCUT2D eigenvalue weighted by molar-refractivity contribution is 0.334. The molecule has 0 saturated heterocycles. The smallest absolute Gasteiger partial charge is 0.0991 e. The van der Waals surface area contributed by atoms with Gasteiger partial charge in [-0.25, -0.2) is 0 Å². The molecule has 18 heavy (non-hydrogen) atoms. The minimum Gasteiger partial charge on any atom is -0.309 e. The summed E-state index contributed by atoms with van der Waals surface area (Å²) < 4.78 is 0.459. The fraction of sp³-hybridized carbons (Fsp3) is 0.533. The molecule has 2 rings (SSSR count). The zero-order chi connectivity index (χ0) is 13.0. The van der Waals surface area contributed by atoms with Gasteiger partial charge in [0.2, 0.25) is 0 Å². The first-order valence-corrected chi connectivity index (χ1v) is 7.70. The standard InChI is InChI=1S/C15H20N2S/c1-12(14-6-3-5-13(9-14)10-16)17-11-15(18-2)7-4-8-15/h3,5-6,9,12,17H,4,7-8,11H2,1-2H3. The summed E-state index contributed by atoms with van der Waals surface area (Å²) in [5.41, 5.74) is 1.94. The van der Waals surface area contributed by atoms with Crippen molar-refractivity contribution in [2.75, 3.05) is 12.8 Å². The molecule has 0 radical (unpaired) electrons. The van der Waals surface area contributed by atoms with E-state index in [-0.39, 0.29) is 0 Å². The van der Waals surface area contributed by atoms with E-state index in [2.05, 4.69) is 30.6 Å². The normalized spacial score (nSPS) is 18.7. The lowest BCUT2D eigenvalue weighted by Crippen LogP contribution is -2.43. The second kappa shape index (κ2) is 5.77. The van der Waals surface area contributed by atoms with Crippen LogP contribution >= 0.6 is 11.8 Å². The molecule has 1 aromatic rings. The van der Waals surface area contributed by atoms with E-state index in [1.165, 1.54) is 24.8 Å². The van der Waals surface area contributed by atoms with Crippen LogP contribution in [0.3, 0.4) is 0 Å². The lowest BCUT2D eigenvalue weighted by Gasteiger charge is -2.41. The highest BCUT2D eigenvalue weighted by atomic mass is 32.2. The van der Waals surface area contributed by atoms with Gasteiger partial charge in [-0.3, -0.25) is 0 Å². The molecule has 1 aliphatic carbocycles. The molecule has 0 spiro atoms. The molecule has 0 aliphatic heterocycles. The van der Waals surface area contributed by atoms with Gasteiger partial charge in [0.15, 0.2) is 0 Å². The maximum absolute atomic E-state index is 8.91. The molecular formula is C15H20N2S. The van der Waals surface area contributed by atoms with Gasteiger partial charge in [-0.2, -0.15) is 17.0 Å². The molecule has 0 aromatic heterocycles. The molecule has 1 N–H and O–H groups in total. The van der Waals surface area contributed by atoms with Gasteiger partial charge in [0, 0.05) is 17.3 Å². The number of nitrogens with zero attached hydrogens (tertiary/aromatic N) is 1. The number of thioether (sulfide) groups is 1. The average molecular weight is 260 g/mol. The summed E-state index contributed by atoms with van der Waals surface area (Å²) in [5, 5.41) is 12.5. The van der Waals surface area contributed by atoms with E-state index >= 15 is 0 Å². The van der Waals surface area contributed by atoms with E-state index in [4.69, 9.17) is 5.26 Å². The molecule has 1 atom stereocenters. The number of nitriles is 1. The Kier molecular flexibility index (Phi) is 4.31. The average Bonchev–Trinajstić information content (AvgIpc) is 2.38. The molecule has 3 heteroatoms. The van der Waals surface area contributed by atoms with Gasteiger partial charge in [0.25, 0.3) is 0 Å². The summed E-state index contributed by atoms with van der Waals surface area (Å²) in [6.07, 6.45) is 6.22. The number of hydrogen-bond acceptors (Lipinski definition) is 3. The number of benzene rings is 1. The van der Waals surface area contributed by atoms with E-state index in [0.29, 0.717) is 10.8 Å². The maximum Gasteiger partial charge on any atom is 0.0991 e. The van der Waals surface area contributed by atoms with Crippen molar-refractivity contribution in [3.63, 3.8) is 0 Å². The van der Waals surface area contributed by atoms with Gasteiger partial charge in [-0.05, 0) is 43.7 Å². The Balaban J connectivity index is 1.95. The first-order chi connectivity index (χ1) is 8.69. The molecule has 0 heterocycles. The fourth-order valence-electron chi connectivity index (χ4n) is 2.36. The van der Waals surface area contributed by atoms with Gasteiger partial charge in [0.1, 0.15) is 0 Å². The molecule has 1 aromatic carbocycles. The van der Waals surface area contributed by atoms with Crippen molar-refractivity contribution in [1.82, 2.24) is 5.32 Å². The molecule has 96 valence electrons. The number of rotatable bonds is 5. The van der Waals surface area contributed by atoms with Crippen LogP contribution in [-0.2, 0) is 0 Å². The maximum atomic E-state index is 8.91. The third kappa shape index (κ3) is 2.88. The van der Waals surface area contributed by atoms with Crippen molar-refractivity contribution < 1.29 is 0 Å². The van der Waals surface area contributed by atoms with E-state index in [0.717, 1.165) is 12.1 Å². The minimum absolute atomic E-state index is 0.308. The molecule has 0 bridgehead atoms. The van der Waals surface area contributed by atoms with Crippen molar-refractivity contribution in [3.05, 3.63) is 35.4 Å². The Bertz CT molecular complexity index is 441. The van der Waals surface area contributed by atoms with Crippen LogP contribution in [-0.4, -0.2) is 17.5 Å². The Labute approximate surface area is 114 Å². The monoisotopic (exact) mass is 260 g/mol. The highest BCUT2D eigenvalue weighted by molar-refractivity contribution is 8.00. The van der Waals surface area contributed by atoms with Crippen LogP contribution in [0.1, 0.15) is 43.4 Å².